The van der Waals surface area contributed by atoms with E-state index in [1.54, 1.807) is 20.8 Å². The average Bonchev–Trinajstić information content (AvgIpc) is 2.62. The Bertz CT molecular complexity index is 666. The van der Waals surface area contributed by atoms with Crippen molar-refractivity contribution >= 4 is 17.9 Å². The van der Waals surface area contributed by atoms with Crippen LogP contribution < -0.4 is 5.32 Å². The quantitative estimate of drug-likeness (QED) is 0.471. The molecule has 0 amide bonds. The molecular formula is C22H33NO6. The summed E-state index contributed by atoms with van der Waals surface area (Å²) in [7, 11) is 0. The van der Waals surface area contributed by atoms with Gasteiger partial charge in [-0.1, -0.05) is 44.2 Å². The third-order valence-corrected chi connectivity index (χ3v) is 3.75. The van der Waals surface area contributed by atoms with Crippen LogP contribution in [0.4, 0.5) is 0 Å². The number of carbonyl (C=O) groups is 3. The van der Waals surface area contributed by atoms with Gasteiger partial charge in [0.15, 0.2) is 6.10 Å². The van der Waals surface area contributed by atoms with Crippen molar-refractivity contribution in [1.82, 2.24) is 5.32 Å². The molecule has 7 nitrogen and oxygen atoms in total. The maximum atomic E-state index is 12.5. The zero-order valence-corrected chi connectivity index (χ0v) is 18.2. The van der Waals surface area contributed by atoms with Crippen molar-refractivity contribution in [2.75, 3.05) is 6.54 Å². The van der Waals surface area contributed by atoms with Gasteiger partial charge in [-0.25, -0.2) is 4.79 Å². The highest BCUT2D eigenvalue weighted by Gasteiger charge is 2.27. The van der Waals surface area contributed by atoms with E-state index in [9.17, 15) is 14.4 Å². The standard InChI is InChI=1S/C22H33NO6/c1-15(2)12-18(23-13-19(24)29-22(4,5)6)21(26)28-16(3)20(25)27-14-17-10-8-7-9-11-17/h7-11,15-16,18,23H,12-14H2,1-6H3/t16-,18+/m1/s1. The first-order valence-corrected chi connectivity index (χ1v) is 9.84. The van der Waals surface area contributed by atoms with Gasteiger partial charge in [0.05, 0.1) is 6.54 Å². The van der Waals surface area contributed by atoms with Crippen molar-refractivity contribution in [2.45, 2.75) is 72.3 Å². The molecule has 1 N–H and O–H groups in total. The SMILES string of the molecule is CC(C)C[C@H](NCC(=O)OC(C)(C)C)C(=O)O[C@H](C)C(=O)OCc1ccccc1. The number of hydrogen-bond acceptors (Lipinski definition) is 7. The maximum Gasteiger partial charge on any atom is 0.347 e. The van der Waals surface area contributed by atoms with Crippen LogP contribution in [0, 0.1) is 5.92 Å². The molecule has 2 atom stereocenters. The van der Waals surface area contributed by atoms with Gasteiger partial charge < -0.3 is 14.2 Å². The second kappa shape index (κ2) is 11.6. The number of carbonyl (C=O) groups excluding carboxylic acids is 3. The van der Waals surface area contributed by atoms with Crippen LogP contribution in [0.1, 0.15) is 53.5 Å². The predicted molar refractivity (Wildman–Crippen MR) is 109 cm³/mol. The molecule has 0 saturated carbocycles. The molecular weight excluding hydrogens is 374 g/mol. The Morgan fingerprint density at radius 3 is 2.17 bits per heavy atom. The smallest absolute Gasteiger partial charge is 0.347 e. The Balaban J connectivity index is 2.56. The van der Waals surface area contributed by atoms with Crippen LogP contribution in [-0.2, 0) is 35.2 Å². The first-order chi connectivity index (χ1) is 13.5. The van der Waals surface area contributed by atoms with Gasteiger partial charge >= 0.3 is 17.9 Å². The minimum atomic E-state index is -1.05. The van der Waals surface area contributed by atoms with Gasteiger partial charge in [-0.05, 0) is 45.6 Å². The van der Waals surface area contributed by atoms with Gasteiger partial charge in [0.2, 0.25) is 0 Å². The van der Waals surface area contributed by atoms with Crippen molar-refractivity contribution in [3.8, 4) is 0 Å². The van der Waals surface area contributed by atoms with E-state index in [0.29, 0.717) is 6.42 Å². The molecule has 0 aliphatic rings. The van der Waals surface area contributed by atoms with E-state index in [0.717, 1.165) is 5.56 Å². The molecule has 0 heterocycles. The van der Waals surface area contributed by atoms with E-state index < -0.39 is 35.7 Å². The zero-order chi connectivity index (χ0) is 22.0. The van der Waals surface area contributed by atoms with Gasteiger partial charge in [-0.3, -0.25) is 14.9 Å². The molecule has 0 saturated heterocycles. The topological polar surface area (TPSA) is 90.9 Å². The molecule has 0 bridgehead atoms. The van der Waals surface area contributed by atoms with Gasteiger partial charge in [-0.15, -0.1) is 0 Å². The summed E-state index contributed by atoms with van der Waals surface area (Å²) in [6.07, 6.45) is -0.600. The van der Waals surface area contributed by atoms with E-state index in [-0.39, 0.29) is 19.1 Å². The Labute approximate surface area is 173 Å². The lowest BCUT2D eigenvalue weighted by atomic mass is 10.0. The summed E-state index contributed by atoms with van der Waals surface area (Å²) in [5.74, 6) is -1.52. The lowest BCUT2D eigenvalue weighted by Gasteiger charge is -2.23. The van der Waals surface area contributed by atoms with Crippen LogP contribution in [0.2, 0.25) is 0 Å². The number of rotatable bonds is 10. The Morgan fingerprint density at radius 2 is 1.62 bits per heavy atom. The molecule has 0 fully saturated rings. The highest BCUT2D eigenvalue weighted by molar-refractivity contribution is 5.82. The van der Waals surface area contributed by atoms with Crippen molar-refractivity contribution in [1.29, 1.82) is 0 Å². The fourth-order valence-electron chi connectivity index (χ4n) is 2.47. The van der Waals surface area contributed by atoms with Crippen LogP contribution in [0.5, 0.6) is 0 Å². The van der Waals surface area contributed by atoms with E-state index in [1.807, 2.05) is 44.2 Å². The van der Waals surface area contributed by atoms with Gasteiger partial charge in [0.25, 0.3) is 0 Å². The fraction of sp³-hybridized carbons (Fsp3) is 0.591. The van der Waals surface area contributed by atoms with Gasteiger partial charge in [0, 0.05) is 0 Å². The van der Waals surface area contributed by atoms with Crippen molar-refractivity contribution in [3.05, 3.63) is 35.9 Å². The number of nitrogens with one attached hydrogen (secondary N) is 1. The summed E-state index contributed by atoms with van der Waals surface area (Å²) >= 11 is 0. The number of benzene rings is 1. The molecule has 0 aliphatic carbocycles. The van der Waals surface area contributed by atoms with E-state index in [1.165, 1.54) is 6.92 Å². The zero-order valence-electron chi connectivity index (χ0n) is 18.2. The second-order valence-electron chi connectivity index (χ2n) is 8.32. The second-order valence-corrected chi connectivity index (χ2v) is 8.32. The Hall–Kier alpha value is -2.41. The van der Waals surface area contributed by atoms with E-state index in [4.69, 9.17) is 14.2 Å². The maximum absolute atomic E-state index is 12.5. The molecule has 0 unspecified atom stereocenters. The highest BCUT2D eigenvalue weighted by Crippen LogP contribution is 2.10. The molecule has 0 aromatic heterocycles. The third-order valence-electron chi connectivity index (χ3n) is 3.75. The van der Waals surface area contributed by atoms with Crippen LogP contribution >= 0.6 is 0 Å². The van der Waals surface area contributed by atoms with Crippen LogP contribution in [-0.4, -0.2) is 42.2 Å². The number of ether oxygens (including phenoxy) is 3. The van der Waals surface area contributed by atoms with Crippen molar-refractivity contribution in [2.24, 2.45) is 5.92 Å². The van der Waals surface area contributed by atoms with Crippen LogP contribution in [0.3, 0.4) is 0 Å². The minimum absolute atomic E-state index is 0.105. The molecule has 29 heavy (non-hydrogen) atoms. The number of esters is 3. The normalized spacial score (nSPS) is 13.5. The summed E-state index contributed by atoms with van der Waals surface area (Å²) in [5.41, 5.74) is 0.236. The Morgan fingerprint density at radius 1 is 1.00 bits per heavy atom. The summed E-state index contributed by atoms with van der Waals surface area (Å²) < 4.78 is 15.7. The monoisotopic (exact) mass is 407 g/mol. The van der Waals surface area contributed by atoms with E-state index in [2.05, 4.69) is 5.32 Å². The van der Waals surface area contributed by atoms with Gasteiger partial charge in [-0.2, -0.15) is 0 Å². The van der Waals surface area contributed by atoms with Crippen LogP contribution in [0.25, 0.3) is 0 Å². The van der Waals surface area contributed by atoms with Gasteiger partial charge in [0.1, 0.15) is 18.2 Å². The average molecular weight is 408 g/mol. The fourth-order valence-corrected chi connectivity index (χ4v) is 2.47. The summed E-state index contributed by atoms with van der Waals surface area (Å²) in [4.78, 5) is 36.6. The van der Waals surface area contributed by atoms with Crippen molar-refractivity contribution < 1.29 is 28.6 Å². The third kappa shape index (κ3) is 10.6. The molecule has 1 rings (SSSR count). The highest BCUT2D eigenvalue weighted by atomic mass is 16.6. The lowest BCUT2D eigenvalue weighted by Crippen LogP contribution is -2.44. The molecule has 0 spiro atoms. The minimum Gasteiger partial charge on any atom is -0.459 e. The van der Waals surface area contributed by atoms with Crippen molar-refractivity contribution in [3.63, 3.8) is 0 Å². The first-order valence-electron chi connectivity index (χ1n) is 9.84. The van der Waals surface area contributed by atoms with E-state index >= 15 is 0 Å². The first kappa shape index (κ1) is 24.6. The molecule has 162 valence electrons. The molecule has 1 aromatic rings. The predicted octanol–water partition coefficient (Wildman–Crippen LogP) is 3.01. The number of hydrogen-bond donors (Lipinski definition) is 1. The van der Waals surface area contributed by atoms with Crippen LogP contribution in [0.15, 0.2) is 30.3 Å². The summed E-state index contributed by atoms with van der Waals surface area (Å²) in [6.45, 7) is 10.7. The molecule has 1 aromatic carbocycles. The lowest BCUT2D eigenvalue weighted by molar-refractivity contribution is -0.169. The summed E-state index contributed by atoms with van der Waals surface area (Å²) in [6, 6.07) is 8.51. The summed E-state index contributed by atoms with van der Waals surface area (Å²) in [5, 5.41) is 2.87. The molecule has 0 radical (unpaired) electrons. The Kier molecular flexibility index (Phi) is 9.81. The largest absolute Gasteiger partial charge is 0.459 e. The molecule has 0 aliphatic heterocycles. The molecule has 7 heteroatoms.